The van der Waals surface area contributed by atoms with Gasteiger partial charge in [0.2, 0.25) is 10.0 Å². The number of urea groups is 1. The third-order valence-corrected chi connectivity index (χ3v) is 6.81. The van der Waals surface area contributed by atoms with Gasteiger partial charge in [-0.05, 0) is 23.8 Å². The average Bonchev–Trinajstić information content (AvgIpc) is 2.83. The van der Waals surface area contributed by atoms with Crippen LogP contribution in [-0.2, 0) is 26.0 Å². The van der Waals surface area contributed by atoms with Crippen molar-refractivity contribution in [1.82, 2.24) is 20.5 Å². The van der Waals surface area contributed by atoms with E-state index in [4.69, 9.17) is 10.5 Å². The molecule has 0 bridgehead atoms. The molecule has 11 nitrogen and oxygen atoms in total. The van der Waals surface area contributed by atoms with E-state index in [1.807, 2.05) is 6.07 Å². The zero-order valence-corrected chi connectivity index (χ0v) is 18.5. The highest BCUT2D eigenvalue weighted by Gasteiger charge is 2.27. The Kier molecular flexibility index (Phi) is 7.98. The molecule has 1 heterocycles. The van der Waals surface area contributed by atoms with Crippen LogP contribution in [0, 0.1) is 0 Å². The highest BCUT2D eigenvalue weighted by atomic mass is 32.2. The topological polar surface area (TPSA) is 160 Å². The van der Waals surface area contributed by atoms with Gasteiger partial charge >= 0.3 is 6.03 Å². The monoisotopic (exact) mass is 475 g/mol. The first kappa shape index (κ1) is 24.2. The molecule has 0 aliphatic carbocycles. The van der Waals surface area contributed by atoms with Crippen LogP contribution in [0.2, 0.25) is 0 Å². The molecule has 5 N–H and O–H groups in total. The number of rotatable bonds is 7. The van der Waals surface area contributed by atoms with Gasteiger partial charge in [0.25, 0.3) is 11.8 Å². The molecule has 0 spiro atoms. The molecule has 0 saturated carbocycles. The number of hydrogen-bond donors (Lipinski definition) is 4. The van der Waals surface area contributed by atoms with Crippen molar-refractivity contribution in [2.45, 2.75) is 17.4 Å². The Balaban J connectivity index is 1.66. The molecule has 1 fully saturated rings. The zero-order valence-electron chi connectivity index (χ0n) is 17.7. The van der Waals surface area contributed by atoms with Crippen molar-refractivity contribution in [3.63, 3.8) is 0 Å². The predicted molar refractivity (Wildman–Crippen MR) is 118 cm³/mol. The molecule has 1 atom stereocenters. The number of ether oxygens (including phenoxy) is 1. The molecular formula is C21H25N5O6S. The minimum absolute atomic E-state index is 0.0344. The van der Waals surface area contributed by atoms with Crippen LogP contribution in [0.15, 0.2) is 59.5 Å². The maximum Gasteiger partial charge on any atom is 0.312 e. The maximum absolute atomic E-state index is 12.8. The lowest BCUT2D eigenvalue weighted by Crippen LogP contribution is -2.54. The summed E-state index contributed by atoms with van der Waals surface area (Å²) in [5.41, 5.74) is 10.5. The third kappa shape index (κ3) is 6.51. The summed E-state index contributed by atoms with van der Waals surface area (Å²) >= 11 is 0. The number of carbonyl (C=O) groups is 3. The van der Waals surface area contributed by atoms with Crippen molar-refractivity contribution in [3.8, 4) is 0 Å². The summed E-state index contributed by atoms with van der Waals surface area (Å²) in [7, 11) is -3.79. The molecule has 12 heteroatoms. The first-order valence-corrected chi connectivity index (χ1v) is 11.6. The molecule has 3 rings (SSSR count). The van der Waals surface area contributed by atoms with E-state index in [0.717, 1.165) is 5.56 Å². The van der Waals surface area contributed by atoms with E-state index in [0.29, 0.717) is 13.2 Å². The van der Waals surface area contributed by atoms with E-state index < -0.39 is 33.9 Å². The SMILES string of the molecule is NC(=O)NC(Cc1ccccc1)C(=O)NNC(=O)c1cccc(S(=O)(=O)N2CCOCC2)c1. The molecule has 2 aromatic carbocycles. The van der Waals surface area contributed by atoms with E-state index in [1.165, 1.54) is 28.6 Å². The summed E-state index contributed by atoms with van der Waals surface area (Å²) in [5.74, 6) is -1.41. The van der Waals surface area contributed by atoms with Crippen LogP contribution >= 0.6 is 0 Å². The van der Waals surface area contributed by atoms with Gasteiger partial charge in [-0.15, -0.1) is 0 Å². The van der Waals surface area contributed by atoms with Gasteiger partial charge in [0, 0.05) is 25.1 Å². The number of amides is 4. The minimum atomic E-state index is -3.79. The number of nitrogens with two attached hydrogens (primary N) is 1. The van der Waals surface area contributed by atoms with E-state index in [2.05, 4.69) is 16.2 Å². The van der Waals surface area contributed by atoms with Crippen molar-refractivity contribution in [2.75, 3.05) is 26.3 Å². The summed E-state index contributed by atoms with van der Waals surface area (Å²) in [5, 5.41) is 2.34. The second-order valence-electron chi connectivity index (χ2n) is 7.24. The highest BCUT2D eigenvalue weighted by Crippen LogP contribution is 2.18. The summed E-state index contributed by atoms with van der Waals surface area (Å²) in [6.45, 7) is 1.05. The second-order valence-corrected chi connectivity index (χ2v) is 9.18. The fraction of sp³-hybridized carbons (Fsp3) is 0.286. The predicted octanol–water partition coefficient (Wildman–Crippen LogP) is -0.252. The lowest BCUT2D eigenvalue weighted by Gasteiger charge is -2.26. The first-order valence-electron chi connectivity index (χ1n) is 10.2. The number of primary amides is 1. The average molecular weight is 476 g/mol. The molecule has 33 heavy (non-hydrogen) atoms. The Morgan fingerprint density at radius 3 is 2.36 bits per heavy atom. The Labute approximate surface area is 191 Å². The van der Waals surface area contributed by atoms with Gasteiger partial charge in [0.15, 0.2) is 0 Å². The standard InChI is InChI=1S/C21H25N5O6S/c22-21(29)23-18(13-15-5-2-1-3-6-15)20(28)25-24-19(27)16-7-4-8-17(14-16)33(30,31)26-9-11-32-12-10-26/h1-8,14,18H,9-13H2,(H,24,27)(H,25,28)(H3,22,23,29). The van der Waals surface area contributed by atoms with E-state index in [9.17, 15) is 22.8 Å². The lowest BCUT2D eigenvalue weighted by molar-refractivity contribution is -0.123. The molecule has 1 saturated heterocycles. The largest absolute Gasteiger partial charge is 0.379 e. The number of morpholine rings is 1. The van der Waals surface area contributed by atoms with Gasteiger partial charge < -0.3 is 15.8 Å². The van der Waals surface area contributed by atoms with E-state index in [-0.39, 0.29) is 30.0 Å². The summed E-state index contributed by atoms with van der Waals surface area (Å²) in [6, 6.07) is 12.5. The fourth-order valence-corrected chi connectivity index (χ4v) is 4.70. The molecule has 0 radical (unpaired) electrons. The third-order valence-electron chi connectivity index (χ3n) is 4.92. The van der Waals surface area contributed by atoms with Gasteiger partial charge in [-0.3, -0.25) is 20.4 Å². The van der Waals surface area contributed by atoms with Gasteiger partial charge in [-0.1, -0.05) is 36.4 Å². The summed E-state index contributed by atoms with van der Waals surface area (Å²) in [4.78, 5) is 36.3. The Morgan fingerprint density at radius 2 is 1.70 bits per heavy atom. The van der Waals surface area contributed by atoms with Gasteiger partial charge in [-0.25, -0.2) is 13.2 Å². The number of hydrogen-bond acceptors (Lipinski definition) is 6. The number of nitrogens with one attached hydrogen (secondary N) is 3. The summed E-state index contributed by atoms with van der Waals surface area (Å²) < 4.78 is 32.1. The molecule has 2 aromatic rings. The van der Waals surface area contributed by atoms with Gasteiger partial charge in [0.1, 0.15) is 6.04 Å². The lowest BCUT2D eigenvalue weighted by atomic mass is 10.1. The van der Waals surface area contributed by atoms with Crippen molar-refractivity contribution in [1.29, 1.82) is 0 Å². The highest BCUT2D eigenvalue weighted by molar-refractivity contribution is 7.89. The molecular weight excluding hydrogens is 450 g/mol. The number of sulfonamides is 1. The Hall–Kier alpha value is -3.48. The van der Waals surface area contributed by atoms with Crippen LogP contribution in [0.5, 0.6) is 0 Å². The van der Waals surface area contributed by atoms with Gasteiger partial charge in [0.05, 0.1) is 18.1 Å². The molecule has 4 amide bonds. The van der Waals surface area contributed by atoms with Crippen molar-refractivity contribution < 1.29 is 27.5 Å². The van der Waals surface area contributed by atoms with E-state index >= 15 is 0 Å². The van der Waals surface area contributed by atoms with E-state index in [1.54, 1.807) is 24.3 Å². The van der Waals surface area contributed by atoms with Crippen LogP contribution < -0.4 is 21.9 Å². The second kappa shape index (κ2) is 10.9. The van der Waals surface area contributed by atoms with Crippen LogP contribution in [-0.4, -0.2) is 62.9 Å². The smallest absolute Gasteiger partial charge is 0.312 e. The van der Waals surface area contributed by atoms with Crippen LogP contribution in [0.4, 0.5) is 4.79 Å². The zero-order chi connectivity index (χ0) is 23.8. The Morgan fingerprint density at radius 1 is 1.00 bits per heavy atom. The first-order chi connectivity index (χ1) is 15.8. The number of carbonyl (C=O) groups excluding carboxylic acids is 3. The minimum Gasteiger partial charge on any atom is -0.379 e. The normalized spacial score (nSPS) is 15.3. The van der Waals surface area contributed by atoms with Crippen molar-refractivity contribution in [3.05, 3.63) is 65.7 Å². The van der Waals surface area contributed by atoms with Gasteiger partial charge in [-0.2, -0.15) is 4.31 Å². The van der Waals surface area contributed by atoms with Crippen molar-refractivity contribution >= 4 is 27.9 Å². The molecule has 0 aromatic heterocycles. The molecule has 1 aliphatic rings. The fourth-order valence-electron chi connectivity index (χ4n) is 3.24. The van der Waals surface area contributed by atoms with Crippen LogP contribution in [0.3, 0.4) is 0 Å². The number of benzene rings is 2. The maximum atomic E-state index is 12.8. The quantitative estimate of drug-likeness (QED) is 0.404. The Bertz CT molecular complexity index is 1100. The molecule has 1 aliphatic heterocycles. The molecule has 176 valence electrons. The van der Waals surface area contributed by atoms with Crippen LogP contribution in [0.25, 0.3) is 0 Å². The number of nitrogens with zero attached hydrogens (tertiary/aromatic N) is 1. The summed E-state index contributed by atoms with van der Waals surface area (Å²) in [6.07, 6.45) is 0.152. The molecule has 1 unspecified atom stereocenters. The number of hydrazine groups is 1. The van der Waals surface area contributed by atoms with Crippen molar-refractivity contribution in [2.24, 2.45) is 5.73 Å². The van der Waals surface area contributed by atoms with Crippen LogP contribution in [0.1, 0.15) is 15.9 Å².